The van der Waals surface area contributed by atoms with Crippen LogP contribution in [0.3, 0.4) is 0 Å². The Balaban J connectivity index is 2.54. The largest absolute Gasteiger partial charge is 0.446 e. The number of hydrogen-bond acceptors (Lipinski definition) is 3. The molecule has 1 rings (SSSR count). The third kappa shape index (κ3) is 3.60. The Morgan fingerprint density at radius 1 is 1.29 bits per heavy atom. The molecule has 100 valence electrons. The van der Waals surface area contributed by atoms with E-state index >= 15 is 0 Å². The third-order valence-electron chi connectivity index (χ3n) is 3.60. The van der Waals surface area contributed by atoms with Gasteiger partial charge in [-0.3, -0.25) is 4.90 Å². The number of carbonyl (C=O) groups excluding carboxylic acids is 1. The minimum atomic E-state index is -0.159. The molecule has 1 fully saturated rings. The molecular formula is C13H26N2O2. The maximum atomic E-state index is 11.9. The van der Waals surface area contributed by atoms with Crippen LogP contribution in [0.25, 0.3) is 0 Å². The van der Waals surface area contributed by atoms with Crippen LogP contribution in [0.15, 0.2) is 0 Å². The Kier molecular flexibility index (Phi) is 5.25. The summed E-state index contributed by atoms with van der Waals surface area (Å²) >= 11 is 0. The first kappa shape index (κ1) is 14.3. The van der Waals surface area contributed by atoms with Gasteiger partial charge in [0.2, 0.25) is 0 Å². The molecule has 3 atom stereocenters. The zero-order valence-corrected chi connectivity index (χ0v) is 11.8. The average molecular weight is 242 g/mol. The molecule has 1 heterocycles. The number of hydrogen-bond donors (Lipinski definition) is 0. The second-order valence-corrected chi connectivity index (χ2v) is 5.04. The molecule has 1 amide bonds. The van der Waals surface area contributed by atoms with E-state index in [0.29, 0.717) is 12.1 Å². The SMILES string of the molecule is CCC(C)OC(=O)N1CC(C)N(CC)C(C)C1. The summed E-state index contributed by atoms with van der Waals surface area (Å²) in [6.45, 7) is 13.0. The van der Waals surface area contributed by atoms with Crippen LogP contribution in [-0.4, -0.2) is 53.7 Å². The highest BCUT2D eigenvalue weighted by Crippen LogP contribution is 2.16. The molecule has 0 radical (unpaired) electrons. The number of amides is 1. The molecule has 0 N–H and O–H groups in total. The molecule has 17 heavy (non-hydrogen) atoms. The molecule has 1 aliphatic heterocycles. The van der Waals surface area contributed by atoms with Gasteiger partial charge in [0.25, 0.3) is 0 Å². The minimum Gasteiger partial charge on any atom is -0.446 e. The van der Waals surface area contributed by atoms with Crippen molar-refractivity contribution in [2.24, 2.45) is 0 Å². The van der Waals surface area contributed by atoms with Gasteiger partial charge in [0, 0.05) is 25.2 Å². The summed E-state index contributed by atoms with van der Waals surface area (Å²) in [7, 11) is 0. The van der Waals surface area contributed by atoms with Crippen molar-refractivity contribution >= 4 is 6.09 Å². The number of nitrogens with zero attached hydrogens (tertiary/aromatic N) is 2. The van der Waals surface area contributed by atoms with Crippen LogP contribution >= 0.6 is 0 Å². The summed E-state index contributed by atoms with van der Waals surface area (Å²) in [5.74, 6) is 0. The Morgan fingerprint density at radius 3 is 2.24 bits per heavy atom. The molecule has 1 aliphatic rings. The van der Waals surface area contributed by atoms with Crippen molar-refractivity contribution in [3.63, 3.8) is 0 Å². The smallest absolute Gasteiger partial charge is 0.410 e. The van der Waals surface area contributed by atoms with E-state index in [0.717, 1.165) is 26.1 Å². The highest BCUT2D eigenvalue weighted by Gasteiger charge is 2.31. The molecule has 4 heteroatoms. The van der Waals surface area contributed by atoms with Crippen LogP contribution in [0.1, 0.15) is 41.0 Å². The number of piperazine rings is 1. The van der Waals surface area contributed by atoms with Crippen LogP contribution in [0.4, 0.5) is 4.79 Å². The molecule has 0 aromatic carbocycles. The summed E-state index contributed by atoms with van der Waals surface area (Å²) in [5, 5.41) is 0. The number of carbonyl (C=O) groups is 1. The molecule has 3 unspecified atom stereocenters. The van der Waals surface area contributed by atoms with E-state index < -0.39 is 0 Å². The summed E-state index contributed by atoms with van der Waals surface area (Å²) in [6.07, 6.45) is 0.720. The van der Waals surface area contributed by atoms with Gasteiger partial charge in [-0.15, -0.1) is 0 Å². The highest BCUT2D eigenvalue weighted by molar-refractivity contribution is 5.68. The second kappa shape index (κ2) is 6.24. The summed E-state index contributed by atoms with van der Waals surface area (Å²) < 4.78 is 5.37. The second-order valence-electron chi connectivity index (χ2n) is 5.04. The Hall–Kier alpha value is -0.770. The van der Waals surface area contributed by atoms with Crippen molar-refractivity contribution in [2.75, 3.05) is 19.6 Å². The molecule has 1 saturated heterocycles. The number of likely N-dealkylation sites (N-methyl/N-ethyl adjacent to an activating group) is 1. The van der Waals surface area contributed by atoms with Gasteiger partial charge < -0.3 is 9.64 Å². The van der Waals surface area contributed by atoms with E-state index in [9.17, 15) is 4.79 Å². The van der Waals surface area contributed by atoms with E-state index in [1.807, 2.05) is 18.7 Å². The lowest BCUT2D eigenvalue weighted by Crippen LogP contribution is -2.58. The van der Waals surface area contributed by atoms with Crippen molar-refractivity contribution in [3.8, 4) is 0 Å². The van der Waals surface area contributed by atoms with Gasteiger partial charge in [-0.05, 0) is 33.7 Å². The summed E-state index contributed by atoms with van der Waals surface area (Å²) in [5.41, 5.74) is 0. The van der Waals surface area contributed by atoms with Gasteiger partial charge in [-0.1, -0.05) is 13.8 Å². The van der Waals surface area contributed by atoms with Crippen molar-refractivity contribution in [1.29, 1.82) is 0 Å². The van der Waals surface area contributed by atoms with Gasteiger partial charge in [0.05, 0.1) is 0 Å². The predicted molar refractivity (Wildman–Crippen MR) is 69.1 cm³/mol. The van der Waals surface area contributed by atoms with Gasteiger partial charge in [-0.25, -0.2) is 4.79 Å². The van der Waals surface area contributed by atoms with Crippen molar-refractivity contribution in [1.82, 2.24) is 9.80 Å². The summed E-state index contributed by atoms with van der Waals surface area (Å²) in [6, 6.07) is 0.821. The molecule has 0 aromatic rings. The van der Waals surface area contributed by atoms with Crippen molar-refractivity contribution in [2.45, 2.75) is 59.2 Å². The van der Waals surface area contributed by atoms with Crippen molar-refractivity contribution in [3.05, 3.63) is 0 Å². The van der Waals surface area contributed by atoms with Crippen LogP contribution < -0.4 is 0 Å². The van der Waals surface area contributed by atoms with E-state index in [4.69, 9.17) is 4.74 Å². The normalized spacial score (nSPS) is 27.9. The fraction of sp³-hybridized carbons (Fsp3) is 0.923. The van der Waals surface area contributed by atoms with Gasteiger partial charge in [0.15, 0.2) is 0 Å². The van der Waals surface area contributed by atoms with Gasteiger partial charge in [0.1, 0.15) is 6.10 Å². The molecule has 0 bridgehead atoms. The van der Waals surface area contributed by atoms with Crippen LogP contribution in [0, 0.1) is 0 Å². The van der Waals surface area contributed by atoms with E-state index in [-0.39, 0.29) is 12.2 Å². The minimum absolute atomic E-state index is 0.0114. The summed E-state index contributed by atoms with van der Waals surface area (Å²) in [4.78, 5) is 16.2. The Morgan fingerprint density at radius 2 is 1.82 bits per heavy atom. The number of rotatable bonds is 3. The van der Waals surface area contributed by atoms with Crippen LogP contribution in [0.5, 0.6) is 0 Å². The predicted octanol–water partition coefficient (Wildman–Crippen LogP) is 2.34. The monoisotopic (exact) mass is 242 g/mol. The third-order valence-corrected chi connectivity index (χ3v) is 3.60. The van der Waals surface area contributed by atoms with E-state index in [1.165, 1.54) is 0 Å². The zero-order valence-electron chi connectivity index (χ0n) is 11.8. The maximum Gasteiger partial charge on any atom is 0.410 e. The first-order valence-corrected chi connectivity index (χ1v) is 6.70. The molecule has 0 aromatic heterocycles. The Bertz CT molecular complexity index is 246. The fourth-order valence-corrected chi connectivity index (χ4v) is 2.46. The first-order valence-electron chi connectivity index (χ1n) is 6.70. The van der Waals surface area contributed by atoms with Crippen LogP contribution in [0.2, 0.25) is 0 Å². The lowest BCUT2D eigenvalue weighted by molar-refractivity contribution is 0.0169. The highest BCUT2D eigenvalue weighted by atomic mass is 16.6. The molecular weight excluding hydrogens is 216 g/mol. The van der Waals surface area contributed by atoms with E-state index in [2.05, 4.69) is 25.7 Å². The van der Waals surface area contributed by atoms with Gasteiger partial charge in [-0.2, -0.15) is 0 Å². The quantitative estimate of drug-likeness (QED) is 0.761. The molecule has 0 saturated carbocycles. The van der Waals surface area contributed by atoms with E-state index in [1.54, 1.807) is 0 Å². The Labute approximate surface area is 105 Å². The zero-order chi connectivity index (χ0) is 13.0. The van der Waals surface area contributed by atoms with Crippen molar-refractivity contribution < 1.29 is 9.53 Å². The van der Waals surface area contributed by atoms with Gasteiger partial charge >= 0.3 is 6.09 Å². The molecule has 0 aliphatic carbocycles. The maximum absolute atomic E-state index is 11.9. The number of ether oxygens (including phenoxy) is 1. The fourth-order valence-electron chi connectivity index (χ4n) is 2.46. The first-order chi connectivity index (χ1) is 7.99. The average Bonchev–Trinajstić information content (AvgIpc) is 2.28. The standard InChI is InChI=1S/C13H26N2O2/c1-6-12(5)17-13(16)14-8-10(3)15(7-2)11(4)9-14/h10-12H,6-9H2,1-5H3. The molecule has 4 nitrogen and oxygen atoms in total. The topological polar surface area (TPSA) is 32.8 Å². The molecule has 0 spiro atoms. The lowest BCUT2D eigenvalue weighted by Gasteiger charge is -2.43. The lowest BCUT2D eigenvalue weighted by atomic mass is 10.1. The van der Waals surface area contributed by atoms with Crippen LogP contribution in [-0.2, 0) is 4.74 Å².